The fourth-order valence-corrected chi connectivity index (χ4v) is 2.87. The van der Waals surface area contributed by atoms with Gasteiger partial charge in [-0.05, 0) is 42.3 Å². The SMILES string of the molecule is CO[C@@H](C(=O)N/N=C(/C)c1ccc(NC(=O)c2ccccc2)cc1)c1ccccc1. The summed E-state index contributed by atoms with van der Waals surface area (Å²) >= 11 is 0. The van der Waals surface area contributed by atoms with E-state index in [1.54, 1.807) is 31.2 Å². The molecule has 0 bridgehead atoms. The number of nitrogens with zero attached hydrogens (tertiary/aromatic N) is 1. The fraction of sp³-hybridized carbons (Fsp3) is 0.125. The molecular formula is C24H23N3O3. The Balaban J connectivity index is 1.62. The molecule has 3 rings (SSSR count). The number of amides is 2. The molecule has 2 amide bonds. The standard InChI is InChI=1S/C24H23N3O3/c1-17(26-27-24(29)22(30-2)19-9-5-3-6-10-19)18-13-15-21(16-14-18)25-23(28)20-11-7-4-8-12-20/h3-16,22H,1-2H3,(H,25,28)(H,27,29)/b26-17-/t22-/m1/s1. The minimum atomic E-state index is -0.738. The third-order valence-electron chi connectivity index (χ3n) is 4.51. The number of hydrogen-bond donors (Lipinski definition) is 2. The maximum Gasteiger partial charge on any atom is 0.273 e. The first kappa shape index (κ1) is 21.0. The molecule has 0 saturated heterocycles. The molecule has 0 aromatic heterocycles. The summed E-state index contributed by atoms with van der Waals surface area (Å²) in [7, 11) is 1.48. The van der Waals surface area contributed by atoms with Crippen molar-refractivity contribution in [3.63, 3.8) is 0 Å². The third-order valence-corrected chi connectivity index (χ3v) is 4.51. The third kappa shape index (κ3) is 5.40. The molecule has 6 nitrogen and oxygen atoms in total. The molecule has 0 radical (unpaired) electrons. The van der Waals surface area contributed by atoms with Gasteiger partial charge in [0, 0.05) is 18.4 Å². The van der Waals surface area contributed by atoms with Crippen LogP contribution < -0.4 is 10.7 Å². The fourth-order valence-electron chi connectivity index (χ4n) is 2.87. The van der Waals surface area contributed by atoms with E-state index in [0.29, 0.717) is 17.0 Å². The van der Waals surface area contributed by atoms with Gasteiger partial charge in [0.2, 0.25) is 0 Å². The van der Waals surface area contributed by atoms with E-state index in [9.17, 15) is 9.59 Å². The zero-order chi connectivity index (χ0) is 21.3. The molecule has 0 aliphatic carbocycles. The second-order valence-electron chi connectivity index (χ2n) is 6.60. The predicted molar refractivity (Wildman–Crippen MR) is 117 cm³/mol. The number of anilines is 1. The maximum absolute atomic E-state index is 12.4. The summed E-state index contributed by atoms with van der Waals surface area (Å²) in [5, 5.41) is 7.03. The van der Waals surface area contributed by atoms with Gasteiger partial charge < -0.3 is 10.1 Å². The van der Waals surface area contributed by atoms with E-state index < -0.39 is 6.10 Å². The molecule has 3 aromatic rings. The number of hydrazone groups is 1. The van der Waals surface area contributed by atoms with Gasteiger partial charge in [0.25, 0.3) is 11.8 Å². The molecule has 0 aliphatic rings. The van der Waals surface area contributed by atoms with Crippen molar-refractivity contribution in [3.05, 3.63) is 102 Å². The molecule has 0 unspecified atom stereocenters. The summed E-state index contributed by atoms with van der Waals surface area (Å²) < 4.78 is 5.30. The second-order valence-corrected chi connectivity index (χ2v) is 6.60. The van der Waals surface area contributed by atoms with Crippen molar-refractivity contribution in [2.24, 2.45) is 5.10 Å². The smallest absolute Gasteiger partial charge is 0.273 e. The van der Waals surface area contributed by atoms with Crippen molar-refractivity contribution in [2.45, 2.75) is 13.0 Å². The van der Waals surface area contributed by atoms with Crippen molar-refractivity contribution in [1.29, 1.82) is 0 Å². The highest BCUT2D eigenvalue weighted by Gasteiger charge is 2.19. The largest absolute Gasteiger partial charge is 0.367 e. The Morgan fingerprint density at radius 2 is 1.43 bits per heavy atom. The number of carbonyl (C=O) groups is 2. The van der Waals surface area contributed by atoms with Crippen LogP contribution in [0.25, 0.3) is 0 Å². The number of benzene rings is 3. The minimum absolute atomic E-state index is 0.174. The Morgan fingerprint density at radius 3 is 2.03 bits per heavy atom. The van der Waals surface area contributed by atoms with Crippen LogP contribution in [0.2, 0.25) is 0 Å². The minimum Gasteiger partial charge on any atom is -0.367 e. The molecule has 3 aromatic carbocycles. The first-order chi connectivity index (χ1) is 14.6. The van der Waals surface area contributed by atoms with Crippen molar-refractivity contribution in [1.82, 2.24) is 5.43 Å². The van der Waals surface area contributed by atoms with Gasteiger partial charge in [-0.15, -0.1) is 0 Å². The lowest BCUT2D eigenvalue weighted by molar-refractivity contribution is -0.131. The maximum atomic E-state index is 12.4. The van der Waals surface area contributed by atoms with E-state index >= 15 is 0 Å². The van der Waals surface area contributed by atoms with Crippen LogP contribution in [-0.4, -0.2) is 24.6 Å². The number of nitrogens with one attached hydrogen (secondary N) is 2. The molecule has 0 fully saturated rings. The van der Waals surface area contributed by atoms with Crippen molar-refractivity contribution < 1.29 is 14.3 Å². The second kappa shape index (κ2) is 10.1. The van der Waals surface area contributed by atoms with Crippen LogP contribution in [0.3, 0.4) is 0 Å². The highest BCUT2D eigenvalue weighted by atomic mass is 16.5. The lowest BCUT2D eigenvalue weighted by Crippen LogP contribution is -2.27. The predicted octanol–water partition coefficient (Wildman–Crippen LogP) is 4.17. The average molecular weight is 401 g/mol. The van der Waals surface area contributed by atoms with Gasteiger partial charge in [-0.1, -0.05) is 60.7 Å². The molecule has 0 saturated carbocycles. The molecule has 2 N–H and O–H groups in total. The zero-order valence-electron chi connectivity index (χ0n) is 16.8. The van der Waals surface area contributed by atoms with Crippen molar-refractivity contribution in [3.8, 4) is 0 Å². The average Bonchev–Trinajstić information content (AvgIpc) is 2.79. The zero-order valence-corrected chi connectivity index (χ0v) is 16.8. The topological polar surface area (TPSA) is 79.8 Å². The van der Waals surface area contributed by atoms with Crippen LogP contribution >= 0.6 is 0 Å². The molecule has 0 aliphatic heterocycles. The van der Waals surface area contributed by atoms with E-state index in [-0.39, 0.29) is 11.8 Å². The van der Waals surface area contributed by atoms with Crippen LogP contribution in [-0.2, 0) is 9.53 Å². The van der Waals surface area contributed by atoms with Crippen LogP contribution in [0.1, 0.15) is 34.5 Å². The van der Waals surface area contributed by atoms with Gasteiger partial charge in [-0.3, -0.25) is 9.59 Å². The number of hydrogen-bond acceptors (Lipinski definition) is 4. The van der Waals surface area contributed by atoms with E-state index in [1.165, 1.54) is 7.11 Å². The Bertz CT molecular complexity index is 1020. The molecule has 6 heteroatoms. The Hall–Kier alpha value is -3.77. The van der Waals surface area contributed by atoms with Crippen LogP contribution in [0.5, 0.6) is 0 Å². The highest BCUT2D eigenvalue weighted by Crippen LogP contribution is 2.16. The number of methoxy groups -OCH3 is 1. The van der Waals surface area contributed by atoms with Gasteiger partial charge in [0.1, 0.15) is 0 Å². The lowest BCUT2D eigenvalue weighted by Gasteiger charge is -2.14. The summed E-state index contributed by atoms with van der Waals surface area (Å²) in [6.07, 6.45) is -0.738. The van der Waals surface area contributed by atoms with Gasteiger partial charge in [0.15, 0.2) is 6.10 Å². The van der Waals surface area contributed by atoms with Crippen LogP contribution in [0.15, 0.2) is 90.0 Å². The molecule has 0 spiro atoms. The van der Waals surface area contributed by atoms with E-state index in [4.69, 9.17) is 4.74 Å². The van der Waals surface area contributed by atoms with Crippen molar-refractivity contribution >= 4 is 23.2 Å². The number of rotatable bonds is 7. The number of carbonyl (C=O) groups excluding carboxylic acids is 2. The normalized spacial score (nSPS) is 12.1. The molecule has 152 valence electrons. The van der Waals surface area contributed by atoms with Gasteiger partial charge in [-0.2, -0.15) is 5.10 Å². The Morgan fingerprint density at radius 1 is 0.833 bits per heavy atom. The van der Waals surface area contributed by atoms with Gasteiger partial charge in [-0.25, -0.2) is 5.43 Å². The summed E-state index contributed by atoms with van der Waals surface area (Å²) in [6.45, 7) is 1.79. The van der Waals surface area contributed by atoms with Gasteiger partial charge >= 0.3 is 0 Å². The monoisotopic (exact) mass is 401 g/mol. The van der Waals surface area contributed by atoms with Crippen LogP contribution in [0.4, 0.5) is 5.69 Å². The first-order valence-corrected chi connectivity index (χ1v) is 9.47. The first-order valence-electron chi connectivity index (χ1n) is 9.47. The van der Waals surface area contributed by atoms with Crippen molar-refractivity contribution in [2.75, 3.05) is 12.4 Å². The Labute approximate surface area is 175 Å². The van der Waals surface area contributed by atoms with E-state index in [1.807, 2.05) is 60.7 Å². The lowest BCUT2D eigenvalue weighted by atomic mass is 10.1. The molecule has 1 atom stereocenters. The highest BCUT2D eigenvalue weighted by molar-refractivity contribution is 6.05. The molecular weight excluding hydrogens is 378 g/mol. The van der Waals surface area contributed by atoms with Crippen LogP contribution in [0, 0.1) is 0 Å². The van der Waals surface area contributed by atoms with E-state index in [0.717, 1.165) is 11.1 Å². The van der Waals surface area contributed by atoms with E-state index in [2.05, 4.69) is 15.8 Å². The van der Waals surface area contributed by atoms with Gasteiger partial charge in [0.05, 0.1) is 5.71 Å². The molecule has 30 heavy (non-hydrogen) atoms. The summed E-state index contributed by atoms with van der Waals surface area (Å²) in [6, 6.07) is 25.5. The summed E-state index contributed by atoms with van der Waals surface area (Å²) in [4.78, 5) is 24.7. The summed E-state index contributed by atoms with van der Waals surface area (Å²) in [5.41, 5.74) is 6.02. The quantitative estimate of drug-likeness (QED) is 0.461. The number of ether oxygens (including phenoxy) is 1. The Kier molecular flexibility index (Phi) is 7.08. The summed E-state index contributed by atoms with van der Waals surface area (Å²) in [5.74, 6) is -0.526. The molecule has 0 heterocycles.